The molecule has 1 nitrogen and oxygen atoms in total. The van der Waals surface area contributed by atoms with Crippen molar-refractivity contribution < 1.29 is 5.11 Å². The van der Waals surface area contributed by atoms with E-state index in [1.54, 1.807) is 0 Å². The summed E-state index contributed by atoms with van der Waals surface area (Å²) in [5, 5.41) is 14.9. The monoisotopic (exact) mass is 250 g/mol. The Labute approximate surface area is 113 Å². The van der Waals surface area contributed by atoms with Crippen LogP contribution in [0.3, 0.4) is 0 Å². The van der Waals surface area contributed by atoms with Crippen molar-refractivity contribution in [3.05, 3.63) is 54.1 Å². The number of benzene rings is 3. The lowest BCUT2D eigenvalue weighted by Crippen LogP contribution is -1.87. The number of rotatable bonds is 3. The van der Waals surface area contributed by atoms with Crippen molar-refractivity contribution in [3.63, 3.8) is 0 Å². The number of aromatic hydroxyl groups is 1. The summed E-state index contributed by atoms with van der Waals surface area (Å²) in [6.07, 6.45) is 3.22. The van der Waals surface area contributed by atoms with Gasteiger partial charge in [-0.25, -0.2) is 0 Å². The van der Waals surface area contributed by atoms with Gasteiger partial charge in [0, 0.05) is 5.39 Å². The molecule has 3 rings (SSSR count). The molecule has 0 aliphatic rings. The molecule has 0 saturated carbocycles. The van der Waals surface area contributed by atoms with Gasteiger partial charge in [0.25, 0.3) is 0 Å². The molecule has 0 heterocycles. The maximum Gasteiger partial charge on any atom is 0.126 e. The summed E-state index contributed by atoms with van der Waals surface area (Å²) < 4.78 is 0. The van der Waals surface area contributed by atoms with Gasteiger partial charge >= 0.3 is 0 Å². The van der Waals surface area contributed by atoms with Crippen molar-refractivity contribution in [1.29, 1.82) is 0 Å². The fourth-order valence-electron chi connectivity index (χ4n) is 2.61. The van der Waals surface area contributed by atoms with Gasteiger partial charge in [-0.2, -0.15) is 0 Å². The fourth-order valence-corrected chi connectivity index (χ4v) is 2.61. The summed E-state index contributed by atoms with van der Waals surface area (Å²) in [6, 6.07) is 16.7. The zero-order valence-corrected chi connectivity index (χ0v) is 11.2. The highest BCUT2D eigenvalue weighted by atomic mass is 16.3. The van der Waals surface area contributed by atoms with Crippen molar-refractivity contribution in [3.8, 4) is 5.75 Å². The first-order chi connectivity index (χ1) is 9.29. The summed E-state index contributed by atoms with van der Waals surface area (Å²) >= 11 is 0. The molecule has 19 heavy (non-hydrogen) atoms. The minimum absolute atomic E-state index is 0.455. The van der Waals surface area contributed by atoms with Crippen molar-refractivity contribution in [1.82, 2.24) is 0 Å². The third kappa shape index (κ3) is 2.17. The van der Waals surface area contributed by atoms with Gasteiger partial charge in [-0.3, -0.25) is 0 Å². The van der Waals surface area contributed by atoms with Gasteiger partial charge < -0.3 is 5.11 Å². The van der Waals surface area contributed by atoms with Crippen LogP contribution in [0.5, 0.6) is 5.75 Å². The quantitative estimate of drug-likeness (QED) is 0.645. The first-order valence-corrected chi connectivity index (χ1v) is 6.93. The van der Waals surface area contributed by atoms with Gasteiger partial charge in [-0.15, -0.1) is 0 Å². The highest BCUT2D eigenvalue weighted by Crippen LogP contribution is 2.32. The summed E-state index contributed by atoms with van der Waals surface area (Å²) in [5.41, 5.74) is 1.06. The second kappa shape index (κ2) is 4.93. The van der Waals surface area contributed by atoms with E-state index in [1.807, 2.05) is 12.1 Å². The number of phenolic OH excluding ortho intramolecular Hbond substituents is 1. The van der Waals surface area contributed by atoms with E-state index in [-0.39, 0.29) is 0 Å². The summed E-state index contributed by atoms with van der Waals surface area (Å²) in [7, 11) is 0. The molecule has 3 aromatic carbocycles. The molecule has 0 aliphatic carbocycles. The Morgan fingerprint density at radius 2 is 1.63 bits per heavy atom. The van der Waals surface area contributed by atoms with Crippen molar-refractivity contribution in [2.24, 2.45) is 0 Å². The predicted molar refractivity (Wildman–Crippen MR) is 81.7 cm³/mol. The molecule has 1 heteroatoms. The molecule has 0 amide bonds. The van der Waals surface area contributed by atoms with Crippen LogP contribution in [-0.2, 0) is 6.42 Å². The molecule has 0 atom stereocenters. The maximum atomic E-state index is 10.4. The van der Waals surface area contributed by atoms with Crippen LogP contribution in [-0.4, -0.2) is 5.11 Å². The van der Waals surface area contributed by atoms with Crippen LogP contribution in [0.25, 0.3) is 21.5 Å². The lowest BCUT2D eigenvalue weighted by Gasteiger charge is -2.09. The van der Waals surface area contributed by atoms with Crippen molar-refractivity contribution >= 4 is 21.5 Å². The van der Waals surface area contributed by atoms with Gasteiger partial charge in [0.1, 0.15) is 5.75 Å². The van der Waals surface area contributed by atoms with Gasteiger partial charge in [-0.1, -0.05) is 49.7 Å². The van der Waals surface area contributed by atoms with Crippen molar-refractivity contribution in [2.45, 2.75) is 26.2 Å². The molecule has 1 N–H and O–H groups in total. The number of hydrogen-bond donors (Lipinski definition) is 1. The highest BCUT2D eigenvalue weighted by molar-refractivity contribution is 6.01. The topological polar surface area (TPSA) is 20.2 Å². The maximum absolute atomic E-state index is 10.4. The molecule has 0 saturated heterocycles. The van der Waals surface area contributed by atoms with Gasteiger partial charge in [0.05, 0.1) is 0 Å². The van der Waals surface area contributed by atoms with Crippen LogP contribution in [0.15, 0.2) is 48.5 Å². The van der Waals surface area contributed by atoms with E-state index >= 15 is 0 Å². The van der Waals surface area contributed by atoms with Gasteiger partial charge in [0.15, 0.2) is 0 Å². The molecule has 0 aromatic heterocycles. The number of unbranched alkanes of at least 4 members (excludes halogenated alkanes) is 1. The second-order valence-corrected chi connectivity index (χ2v) is 5.10. The number of phenols is 1. The second-order valence-electron chi connectivity index (χ2n) is 5.10. The first-order valence-electron chi connectivity index (χ1n) is 6.93. The van der Waals surface area contributed by atoms with Crippen LogP contribution in [0, 0.1) is 0 Å². The minimum atomic E-state index is 0.455. The zero-order valence-electron chi connectivity index (χ0n) is 11.2. The Morgan fingerprint density at radius 1 is 0.895 bits per heavy atom. The molecule has 0 bridgehead atoms. The van der Waals surface area contributed by atoms with Crippen molar-refractivity contribution in [2.75, 3.05) is 0 Å². The summed E-state index contributed by atoms with van der Waals surface area (Å²) in [4.78, 5) is 0. The van der Waals surface area contributed by atoms with Gasteiger partial charge in [-0.05, 0) is 46.7 Å². The zero-order chi connectivity index (χ0) is 13.2. The molecule has 3 aromatic rings. The van der Waals surface area contributed by atoms with E-state index in [0.29, 0.717) is 5.75 Å². The highest BCUT2D eigenvalue weighted by Gasteiger charge is 2.07. The third-order valence-corrected chi connectivity index (χ3v) is 3.74. The number of aryl methyl sites for hydroxylation is 1. The van der Waals surface area contributed by atoms with E-state index in [1.165, 1.54) is 10.8 Å². The van der Waals surface area contributed by atoms with E-state index in [0.717, 1.165) is 35.6 Å². The molecule has 0 spiro atoms. The van der Waals surface area contributed by atoms with E-state index in [9.17, 15) is 5.11 Å². The third-order valence-electron chi connectivity index (χ3n) is 3.74. The Kier molecular flexibility index (Phi) is 3.12. The predicted octanol–water partition coefficient (Wildman–Crippen LogP) is 5.04. The Hall–Kier alpha value is -2.02. The average molecular weight is 250 g/mol. The largest absolute Gasteiger partial charge is 0.507 e. The van der Waals surface area contributed by atoms with E-state index in [2.05, 4.69) is 43.3 Å². The molecule has 96 valence electrons. The average Bonchev–Trinajstić information content (AvgIpc) is 2.45. The SMILES string of the molecule is CCCCc1ccc2cc3ccccc3cc2c1O. The van der Waals surface area contributed by atoms with E-state index in [4.69, 9.17) is 0 Å². The fraction of sp³-hybridized carbons (Fsp3) is 0.222. The number of fused-ring (bicyclic) bond motifs is 2. The Bertz CT molecular complexity index is 728. The van der Waals surface area contributed by atoms with Crippen LogP contribution in [0.1, 0.15) is 25.3 Å². The van der Waals surface area contributed by atoms with Gasteiger partial charge in [0.2, 0.25) is 0 Å². The van der Waals surface area contributed by atoms with Crippen LogP contribution >= 0.6 is 0 Å². The normalized spacial score (nSPS) is 11.2. The summed E-state index contributed by atoms with van der Waals surface area (Å²) in [5.74, 6) is 0.455. The molecule has 0 unspecified atom stereocenters. The Balaban J connectivity index is 2.21. The lowest BCUT2D eigenvalue weighted by molar-refractivity contribution is 0.473. The van der Waals surface area contributed by atoms with Crippen LogP contribution in [0.2, 0.25) is 0 Å². The first kappa shape index (κ1) is 12.0. The smallest absolute Gasteiger partial charge is 0.126 e. The summed E-state index contributed by atoms with van der Waals surface area (Å²) in [6.45, 7) is 2.17. The standard InChI is InChI=1S/C18H18O/c1-2-3-6-13-9-10-16-11-14-7-4-5-8-15(14)12-17(16)18(13)19/h4-5,7-12,19H,2-3,6H2,1H3. The molecule has 0 aliphatic heterocycles. The van der Waals surface area contributed by atoms with Crippen LogP contribution < -0.4 is 0 Å². The number of hydrogen-bond acceptors (Lipinski definition) is 1. The van der Waals surface area contributed by atoms with E-state index < -0.39 is 0 Å². The molecular weight excluding hydrogens is 232 g/mol. The molecule has 0 fully saturated rings. The lowest BCUT2D eigenvalue weighted by atomic mass is 9.98. The molecule has 0 radical (unpaired) electrons. The molecular formula is C18H18O. The minimum Gasteiger partial charge on any atom is -0.507 e. The van der Waals surface area contributed by atoms with Crippen LogP contribution in [0.4, 0.5) is 0 Å². The Morgan fingerprint density at radius 3 is 2.37 bits per heavy atom.